The van der Waals surface area contributed by atoms with Crippen molar-refractivity contribution in [2.24, 2.45) is 5.92 Å². The smallest absolute Gasteiger partial charge is 0.0247 e. The molecule has 1 aliphatic rings. The minimum absolute atomic E-state index is 0.523. The van der Waals surface area contributed by atoms with Crippen LogP contribution in [0.1, 0.15) is 39.5 Å². The van der Waals surface area contributed by atoms with Crippen LogP contribution in [0.2, 0.25) is 0 Å². The van der Waals surface area contributed by atoms with Crippen molar-refractivity contribution in [3.8, 4) is 0 Å². The van der Waals surface area contributed by atoms with E-state index in [0.717, 1.165) is 12.0 Å². The van der Waals surface area contributed by atoms with Crippen LogP contribution in [0.15, 0.2) is 12.7 Å². The van der Waals surface area contributed by atoms with Crippen LogP contribution in [0.4, 0.5) is 0 Å². The van der Waals surface area contributed by atoms with Gasteiger partial charge in [-0.05, 0) is 32.7 Å². The molecule has 1 nitrogen and oxygen atoms in total. The highest BCUT2D eigenvalue weighted by Gasteiger charge is 2.23. The molecule has 3 atom stereocenters. The Morgan fingerprint density at radius 2 is 2.15 bits per heavy atom. The molecular formula is C12H23N. The molecule has 0 heterocycles. The van der Waals surface area contributed by atoms with Crippen molar-refractivity contribution in [1.29, 1.82) is 0 Å². The standard InChI is InChI=1S/C12H23N/c1-5-11(3)13(4)12-8-6-7-10(2)9-12/h5,10-12H,1,6-9H2,2-4H3. The summed E-state index contributed by atoms with van der Waals surface area (Å²) in [6.45, 7) is 8.46. The zero-order valence-corrected chi connectivity index (χ0v) is 9.29. The molecule has 0 aromatic carbocycles. The average Bonchev–Trinajstić information content (AvgIpc) is 2.15. The second-order valence-electron chi connectivity index (χ2n) is 4.57. The molecule has 76 valence electrons. The van der Waals surface area contributed by atoms with Gasteiger partial charge in [-0.1, -0.05) is 25.8 Å². The quantitative estimate of drug-likeness (QED) is 0.605. The fourth-order valence-corrected chi connectivity index (χ4v) is 2.27. The van der Waals surface area contributed by atoms with Crippen molar-refractivity contribution in [3.63, 3.8) is 0 Å². The molecule has 1 aliphatic carbocycles. The van der Waals surface area contributed by atoms with Gasteiger partial charge >= 0.3 is 0 Å². The lowest BCUT2D eigenvalue weighted by Gasteiger charge is -2.36. The summed E-state index contributed by atoms with van der Waals surface area (Å²) in [7, 11) is 2.23. The van der Waals surface area contributed by atoms with E-state index in [1.165, 1.54) is 25.7 Å². The number of nitrogens with zero attached hydrogens (tertiary/aromatic N) is 1. The predicted octanol–water partition coefficient (Wildman–Crippen LogP) is 3.07. The molecule has 3 unspecified atom stereocenters. The summed E-state index contributed by atoms with van der Waals surface area (Å²) in [4.78, 5) is 2.47. The molecule has 13 heavy (non-hydrogen) atoms. The normalized spacial score (nSPS) is 31.7. The fraction of sp³-hybridized carbons (Fsp3) is 0.833. The SMILES string of the molecule is C=CC(C)N(C)C1CCCC(C)C1. The maximum Gasteiger partial charge on any atom is 0.0247 e. The maximum absolute atomic E-state index is 3.85. The van der Waals surface area contributed by atoms with Gasteiger partial charge in [0.2, 0.25) is 0 Å². The van der Waals surface area contributed by atoms with Gasteiger partial charge in [0.15, 0.2) is 0 Å². The van der Waals surface area contributed by atoms with Gasteiger partial charge in [-0.3, -0.25) is 4.90 Å². The highest BCUT2D eigenvalue weighted by Crippen LogP contribution is 2.27. The van der Waals surface area contributed by atoms with Gasteiger partial charge < -0.3 is 0 Å². The van der Waals surface area contributed by atoms with Crippen molar-refractivity contribution in [1.82, 2.24) is 4.90 Å². The zero-order valence-electron chi connectivity index (χ0n) is 9.29. The van der Waals surface area contributed by atoms with Crippen molar-refractivity contribution in [2.75, 3.05) is 7.05 Å². The van der Waals surface area contributed by atoms with Crippen molar-refractivity contribution < 1.29 is 0 Å². The van der Waals surface area contributed by atoms with Crippen LogP contribution in [-0.2, 0) is 0 Å². The van der Waals surface area contributed by atoms with E-state index in [9.17, 15) is 0 Å². The van der Waals surface area contributed by atoms with Gasteiger partial charge in [0, 0.05) is 12.1 Å². The average molecular weight is 181 g/mol. The third-order valence-corrected chi connectivity index (χ3v) is 3.47. The van der Waals surface area contributed by atoms with E-state index in [-0.39, 0.29) is 0 Å². The monoisotopic (exact) mass is 181 g/mol. The lowest BCUT2D eigenvalue weighted by molar-refractivity contribution is 0.145. The molecule has 0 spiro atoms. The number of rotatable bonds is 3. The third kappa shape index (κ3) is 2.84. The zero-order chi connectivity index (χ0) is 9.84. The molecule has 1 rings (SSSR count). The van der Waals surface area contributed by atoms with Crippen molar-refractivity contribution >= 4 is 0 Å². The number of likely N-dealkylation sites (N-methyl/N-ethyl adjacent to an activating group) is 1. The molecule has 0 radical (unpaired) electrons. The first-order chi connectivity index (χ1) is 6.15. The van der Waals surface area contributed by atoms with Gasteiger partial charge in [-0.25, -0.2) is 0 Å². The lowest BCUT2D eigenvalue weighted by atomic mass is 9.86. The summed E-state index contributed by atoms with van der Waals surface area (Å²) in [5.74, 6) is 0.915. The number of hydrogen-bond donors (Lipinski definition) is 0. The Bertz CT molecular complexity index is 165. The Balaban J connectivity index is 2.45. The molecular weight excluding hydrogens is 158 g/mol. The van der Waals surface area contributed by atoms with Crippen molar-refractivity contribution in [3.05, 3.63) is 12.7 Å². The van der Waals surface area contributed by atoms with E-state index in [2.05, 4.69) is 32.4 Å². The Morgan fingerprint density at radius 3 is 2.69 bits per heavy atom. The lowest BCUT2D eigenvalue weighted by Crippen LogP contribution is -2.40. The van der Waals surface area contributed by atoms with E-state index < -0.39 is 0 Å². The Kier molecular flexibility index (Phi) is 3.98. The first-order valence-corrected chi connectivity index (χ1v) is 5.49. The highest BCUT2D eigenvalue weighted by molar-refractivity contribution is 4.87. The molecule has 1 fully saturated rings. The summed E-state index contributed by atoms with van der Waals surface area (Å²) >= 11 is 0. The maximum atomic E-state index is 3.85. The van der Waals surface area contributed by atoms with Gasteiger partial charge in [0.25, 0.3) is 0 Å². The number of hydrogen-bond acceptors (Lipinski definition) is 1. The fourth-order valence-electron chi connectivity index (χ4n) is 2.27. The Hall–Kier alpha value is -0.300. The molecule has 1 saturated carbocycles. The largest absolute Gasteiger partial charge is 0.297 e. The molecule has 0 aliphatic heterocycles. The first-order valence-electron chi connectivity index (χ1n) is 5.49. The van der Waals surface area contributed by atoms with E-state index in [0.29, 0.717) is 6.04 Å². The molecule has 0 N–H and O–H groups in total. The topological polar surface area (TPSA) is 3.24 Å². The second kappa shape index (κ2) is 4.80. The van der Waals surface area contributed by atoms with Crippen LogP contribution in [0.5, 0.6) is 0 Å². The van der Waals surface area contributed by atoms with Gasteiger partial charge in [-0.2, -0.15) is 0 Å². The molecule has 0 aromatic heterocycles. The summed E-state index contributed by atoms with van der Waals surface area (Å²) in [5.41, 5.74) is 0. The first kappa shape index (κ1) is 10.8. The molecule has 1 heteroatoms. The van der Waals surface area contributed by atoms with E-state index in [1.54, 1.807) is 0 Å². The highest BCUT2D eigenvalue weighted by atomic mass is 15.1. The second-order valence-corrected chi connectivity index (χ2v) is 4.57. The van der Waals surface area contributed by atoms with Gasteiger partial charge in [0.05, 0.1) is 0 Å². The molecule has 0 bridgehead atoms. The Labute approximate surface area is 82.8 Å². The van der Waals surface area contributed by atoms with E-state index in [4.69, 9.17) is 0 Å². The predicted molar refractivity (Wildman–Crippen MR) is 58.8 cm³/mol. The van der Waals surface area contributed by atoms with Crippen LogP contribution in [0, 0.1) is 5.92 Å². The van der Waals surface area contributed by atoms with Gasteiger partial charge in [-0.15, -0.1) is 6.58 Å². The summed E-state index contributed by atoms with van der Waals surface area (Å²) < 4.78 is 0. The van der Waals surface area contributed by atoms with Crippen LogP contribution in [-0.4, -0.2) is 24.0 Å². The van der Waals surface area contributed by atoms with E-state index in [1.807, 2.05) is 6.08 Å². The van der Waals surface area contributed by atoms with Crippen LogP contribution in [0.3, 0.4) is 0 Å². The molecule has 0 saturated heterocycles. The molecule has 0 aromatic rings. The van der Waals surface area contributed by atoms with E-state index >= 15 is 0 Å². The van der Waals surface area contributed by atoms with Crippen molar-refractivity contribution in [2.45, 2.75) is 51.6 Å². The van der Waals surface area contributed by atoms with Gasteiger partial charge in [0.1, 0.15) is 0 Å². The third-order valence-electron chi connectivity index (χ3n) is 3.47. The summed E-state index contributed by atoms with van der Waals surface area (Å²) in [6.07, 6.45) is 7.61. The van der Waals surface area contributed by atoms with Crippen LogP contribution >= 0.6 is 0 Å². The summed E-state index contributed by atoms with van der Waals surface area (Å²) in [6, 6.07) is 1.31. The Morgan fingerprint density at radius 1 is 1.46 bits per heavy atom. The summed E-state index contributed by atoms with van der Waals surface area (Å²) in [5, 5.41) is 0. The molecule has 0 amide bonds. The van der Waals surface area contributed by atoms with Crippen LogP contribution in [0.25, 0.3) is 0 Å². The minimum Gasteiger partial charge on any atom is -0.297 e. The van der Waals surface area contributed by atoms with Crippen LogP contribution < -0.4 is 0 Å². The minimum atomic E-state index is 0.523.